The number of methoxy groups -OCH3 is 1. The van der Waals surface area contributed by atoms with E-state index in [4.69, 9.17) is 9.47 Å². The standard InChI is InChI=1S/C16H24N2O3.ClH/c1-3-9-21-14-7-6-12(10-15(14)20-2)11-18-16(19)13-5-4-8-17-13;/h6-7,10,13,17H,3-5,8-9,11H2,1-2H3,(H,18,19);1H. The highest BCUT2D eigenvalue weighted by molar-refractivity contribution is 5.85. The average Bonchev–Trinajstić information content (AvgIpc) is 3.05. The SMILES string of the molecule is CCCOc1ccc(CNC(=O)C2CCCN2)cc1OC.Cl. The summed E-state index contributed by atoms with van der Waals surface area (Å²) >= 11 is 0. The van der Waals surface area contributed by atoms with Gasteiger partial charge in [0.05, 0.1) is 19.8 Å². The first kappa shape index (κ1) is 18.6. The first-order valence-electron chi connectivity index (χ1n) is 7.55. The van der Waals surface area contributed by atoms with E-state index in [-0.39, 0.29) is 24.4 Å². The molecule has 1 aromatic rings. The lowest BCUT2D eigenvalue weighted by Gasteiger charge is -2.13. The molecule has 0 saturated carbocycles. The molecule has 2 N–H and O–H groups in total. The van der Waals surface area contributed by atoms with E-state index in [0.29, 0.717) is 18.9 Å². The van der Waals surface area contributed by atoms with Gasteiger partial charge in [0.15, 0.2) is 11.5 Å². The van der Waals surface area contributed by atoms with E-state index in [1.807, 2.05) is 18.2 Å². The summed E-state index contributed by atoms with van der Waals surface area (Å²) in [6.07, 6.45) is 2.93. The fourth-order valence-corrected chi connectivity index (χ4v) is 2.37. The normalized spacial score (nSPS) is 16.7. The summed E-state index contributed by atoms with van der Waals surface area (Å²) in [5.74, 6) is 1.51. The van der Waals surface area contributed by atoms with E-state index >= 15 is 0 Å². The predicted octanol–water partition coefficient (Wildman–Crippen LogP) is 2.27. The second-order valence-electron chi connectivity index (χ2n) is 5.20. The molecule has 2 rings (SSSR count). The molecular formula is C16H25ClN2O3. The second kappa shape index (κ2) is 9.54. The maximum absolute atomic E-state index is 12.0. The largest absolute Gasteiger partial charge is 0.493 e. The Labute approximate surface area is 138 Å². The van der Waals surface area contributed by atoms with Gasteiger partial charge in [0.1, 0.15) is 0 Å². The third-order valence-corrected chi connectivity index (χ3v) is 3.53. The summed E-state index contributed by atoms with van der Waals surface area (Å²) in [5, 5.41) is 6.15. The molecule has 1 fully saturated rings. The van der Waals surface area contributed by atoms with Crippen molar-refractivity contribution in [2.45, 2.75) is 38.8 Å². The van der Waals surface area contributed by atoms with Gasteiger partial charge in [-0.05, 0) is 43.5 Å². The molecule has 0 bridgehead atoms. The van der Waals surface area contributed by atoms with Crippen molar-refractivity contribution in [2.75, 3.05) is 20.3 Å². The smallest absolute Gasteiger partial charge is 0.237 e. The Morgan fingerprint density at radius 1 is 1.41 bits per heavy atom. The van der Waals surface area contributed by atoms with Gasteiger partial charge in [-0.3, -0.25) is 4.79 Å². The first-order valence-corrected chi connectivity index (χ1v) is 7.55. The zero-order valence-corrected chi connectivity index (χ0v) is 14.0. The van der Waals surface area contributed by atoms with Gasteiger partial charge < -0.3 is 20.1 Å². The van der Waals surface area contributed by atoms with Crippen LogP contribution in [0.25, 0.3) is 0 Å². The molecule has 1 aliphatic rings. The van der Waals surface area contributed by atoms with Gasteiger partial charge in [0.2, 0.25) is 5.91 Å². The number of benzene rings is 1. The number of amides is 1. The van der Waals surface area contributed by atoms with Crippen molar-refractivity contribution in [1.82, 2.24) is 10.6 Å². The lowest BCUT2D eigenvalue weighted by molar-refractivity contribution is -0.122. The van der Waals surface area contributed by atoms with Crippen LogP contribution in [0.15, 0.2) is 18.2 Å². The third-order valence-electron chi connectivity index (χ3n) is 3.53. The number of nitrogens with one attached hydrogen (secondary N) is 2. The molecule has 0 spiro atoms. The number of ether oxygens (including phenoxy) is 2. The van der Waals surface area contributed by atoms with Gasteiger partial charge in [-0.2, -0.15) is 0 Å². The van der Waals surface area contributed by atoms with E-state index in [1.165, 1.54) is 0 Å². The zero-order valence-electron chi connectivity index (χ0n) is 13.2. The summed E-state index contributed by atoms with van der Waals surface area (Å²) in [7, 11) is 1.62. The van der Waals surface area contributed by atoms with Crippen molar-refractivity contribution in [3.05, 3.63) is 23.8 Å². The number of carbonyl (C=O) groups is 1. The van der Waals surface area contributed by atoms with Crippen LogP contribution < -0.4 is 20.1 Å². The van der Waals surface area contributed by atoms with E-state index in [1.54, 1.807) is 7.11 Å². The Balaban J connectivity index is 0.00000242. The number of halogens is 1. The Morgan fingerprint density at radius 2 is 2.23 bits per heavy atom. The number of rotatable bonds is 7. The van der Waals surface area contributed by atoms with Crippen LogP contribution in [0.3, 0.4) is 0 Å². The average molecular weight is 329 g/mol. The van der Waals surface area contributed by atoms with Crippen molar-refractivity contribution in [3.63, 3.8) is 0 Å². The van der Waals surface area contributed by atoms with Gasteiger partial charge in [-0.25, -0.2) is 0 Å². The van der Waals surface area contributed by atoms with Crippen LogP contribution >= 0.6 is 12.4 Å². The second-order valence-corrected chi connectivity index (χ2v) is 5.20. The Kier molecular flexibility index (Phi) is 8.06. The van der Waals surface area contributed by atoms with Crippen molar-refractivity contribution in [3.8, 4) is 11.5 Å². The Bertz CT molecular complexity index is 476. The molecule has 124 valence electrons. The molecule has 0 aromatic heterocycles. The van der Waals surface area contributed by atoms with Crippen LogP contribution in [0.4, 0.5) is 0 Å². The van der Waals surface area contributed by atoms with Crippen LogP contribution in [-0.4, -0.2) is 32.2 Å². The molecule has 6 heteroatoms. The molecule has 22 heavy (non-hydrogen) atoms. The zero-order chi connectivity index (χ0) is 15.1. The van der Waals surface area contributed by atoms with E-state index in [2.05, 4.69) is 17.6 Å². The lowest BCUT2D eigenvalue weighted by atomic mass is 10.1. The maximum atomic E-state index is 12.0. The molecule has 1 atom stereocenters. The highest BCUT2D eigenvalue weighted by atomic mass is 35.5. The highest BCUT2D eigenvalue weighted by Crippen LogP contribution is 2.28. The van der Waals surface area contributed by atoms with E-state index < -0.39 is 0 Å². The minimum absolute atomic E-state index is 0. The maximum Gasteiger partial charge on any atom is 0.237 e. The molecule has 0 aliphatic carbocycles. The van der Waals surface area contributed by atoms with Gasteiger partial charge in [-0.1, -0.05) is 13.0 Å². The van der Waals surface area contributed by atoms with Crippen LogP contribution in [-0.2, 0) is 11.3 Å². The number of hydrogen-bond acceptors (Lipinski definition) is 4. The van der Waals surface area contributed by atoms with Gasteiger partial charge in [0.25, 0.3) is 0 Å². The van der Waals surface area contributed by atoms with Gasteiger partial charge >= 0.3 is 0 Å². The van der Waals surface area contributed by atoms with E-state index in [0.717, 1.165) is 37.1 Å². The minimum atomic E-state index is -0.0425. The predicted molar refractivity (Wildman–Crippen MR) is 88.9 cm³/mol. The summed E-state index contributed by atoms with van der Waals surface area (Å²) in [6.45, 7) is 4.16. The minimum Gasteiger partial charge on any atom is -0.493 e. The number of carbonyl (C=O) groups excluding carboxylic acids is 1. The van der Waals surface area contributed by atoms with Crippen LogP contribution in [0, 0.1) is 0 Å². The Morgan fingerprint density at radius 3 is 2.86 bits per heavy atom. The third kappa shape index (κ3) is 5.07. The van der Waals surface area contributed by atoms with Crippen molar-refractivity contribution >= 4 is 18.3 Å². The molecule has 1 heterocycles. The van der Waals surface area contributed by atoms with E-state index in [9.17, 15) is 4.79 Å². The van der Waals surface area contributed by atoms with Crippen LogP contribution in [0.2, 0.25) is 0 Å². The lowest BCUT2D eigenvalue weighted by Crippen LogP contribution is -2.39. The fraction of sp³-hybridized carbons (Fsp3) is 0.562. The monoisotopic (exact) mass is 328 g/mol. The first-order chi connectivity index (χ1) is 10.2. The summed E-state index contributed by atoms with van der Waals surface area (Å²) < 4.78 is 11.0. The molecule has 1 amide bonds. The molecule has 1 saturated heterocycles. The summed E-state index contributed by atoms with van der Waals surface area (Å²) in [5.41, 5.74) is 1.00. The van der Waals surface area contributed by atoms with Crippen molar-refractivity contribution in [1.29, 1.82) is 0 Å². The van der Waals surface area contributed by atoms with Crippen LogP contribution in [0.1, 0.15) is 31.7 Å². The molecule has 0 radical (unpaired) electrons. The quantitative estimate of drug-likeness (QED) is 0.806. The molecule has 1 unspecified atom stereocenters. The van der Waals surface area contributed by atoms with Crippen molar-refractivity contribution < 1.29 is 14.3 Å². The molecular weight excluding hydrogens is 304 g/mol. The summed E-state index contributed by atoms with van der Waals surface area (Å²) in [4.78, 5) is 12.0. The molecule has 1 aliphatic heterocycles. The summed E-state index contributed by atoms with van der Waals surface area (Å²) in [6, 6.07) is 5.71. The van der Waals surface area contributed by atoms with Crippen molar-refractivity contribution in [2.24, 2.45) is 0 Å². The molecule has 5 nitrogen and oxygen atoms in total. The topological polar surface area (TPSA) is 59.6 Å². The number of hydrogen-bond donors (Lipinski definition) is 2. The van der Waals surface area contributed by atoms with Crippen LogP contribution in [0.5, 0.6) is 11.5 Å². The highest BCUT2D eigenvalue weighted by Gasteiger charge is 2.21. The Hall–Kier alpha value is -1.46. The van der Waals surface area contributed by atoms with Gasteiger partial charge in [-0.15, -0.1) is 12.4 Å². The molecule has 1 aromatic carbocycles. The van der Waals surface area contributed by atoms with Gasteiger partial charge in [0, 0.05) is 6.54 Å². The fourth-order valence-electron chi connectivity index (χ4n) is 2.37.